The molecule has 0 radical (unpaired) electrons. The molecule has 0 fully saturated rings. The standard InChI is InChI=1S/C20H30N6.HI/c1-3-19-25-24-15-26(19)13-12-22-20(21-4-2)23-14-17-10-7-9-16-8-5-6-11-18(16)17;/h5-6,8,11,15,17H,3-4,7,9-10,12-14H2,1-2H3,(H2,21,22,23);1H. The maximum atomic E-state index is 4.85. The lowest BCUT2D eigenvalue weighted by Crippen LogP contribution is -2.39. The van der Waals surface area contributed by atoms with Crippen LogP contribution >= 0.6 is 24.0 Å². The van der Waals surface area contributed by atoms with E-state index in [0.717, 1.165) is 44.4 Å². The highest BCUT2D eigenvalue weighted by molar-refractivity contribution is 14.0. The first kappa shape index (κ1) is 21.7. The molecule has 0 bridgehead atoms. The first-order valence-corrected chi connectivity index (χ1v) is 9.78. The van der Waals surface area contributed by atoms with Crippen LogP contribution in [0.3, 0.4) is 0 Å². The van der Waals surface area contributed by atoms with Gasteiger partial charge in [-0.2, -0.15) is 0 Å². The van der Waals surface area contributed by atoms with Gasteiger partial charge >= 0.3 is 0 Å². The number of benzene rings is 1. The van der Waals surface area contributed by atoms with Gasteiger partial charge in [0.05, 0.1) is 0 Å². The molecule has 2 aromatic rings. The minimum Gasteiger partial charge on any atom is -0.357 e. The second kappa shape index (κ2) is 11.3. The predicted octanol–water partition coefficient (Wildman–Crippen LogP) is 3.13. The van der Waals surface area contributed by atoms with Crippen LogP contribution in [0.2, 0.25) is 0 Å². The Morgan fingerprint density at radius 3 is 2.93 bits per heavy atom. The van der Waals surface area contributed by atoms with Gasteiger partial charge in [-0.25, -0.2) is 0 Å². The highest BCUT2D eigenvalue weighted by Crippen LogP contribution is 2.31. The summed E-state index contributed by atoms with van der Waals surface area (Å²) in [7, 11) is 0. The molecule has 1 aromatic carbocycles. The van der Waals surface area contributed by atoms with Crippen LogP contribution in [0.15, 0.2) is 35.6 Å². The molecule has 0 amide bonds. The Labute approximate surface area is 179 Å². The fourth-order valence-corrected chi connectivity index (χ4v) is 3.62. The van der Waals surface area contributed by atoms with Gasteiger partial charge in [0.1, 0.15) is 12.2 Å². The Morgan fingerprint density at radius 2 is 2.11 bits per heavy atom. The molecule has 1 aromatic heterocycles. The third-order valence-electron chi connectivity index (χ3n) is 4.96. The molecule has 0 saturated heterocycles. The SMILES string of the molecule is CCNC(=NCC1CCCc2ccccc21)NCCn1cnnc1CC.I. The monoisotopic (exact) mass is 482 g/mol. The summed E-state index contributed by atoms with van der Waals surface area (Å²) in [6.45, 7) is 7.54. The van der Waals surface area contributed by atoms with Crippen LogP contribution in [-0.4, -0.2) is 40.4 Å². The van der Waals surface area contributed by atoms with Gasteiger partial charge in [-0.3, -0.25) is 4.99 Å². The van der Waals surface area contributed by atoms with E-state index in [0.29, 0.717) is 5.92 Å². The zero-order valence-electron chi connectivity index (χ0n) is 16.3. The number of hydrogen-bond donors (Lipinski definition) is 2. The molecule has 3 rings (SSSR count). The van der Waals surface area contributed by atoms with Crippen molar-refractivity contribution in [2.45, 2.75) is 52.0 Å². The summed E-state index contributed by atoms with van der Waals surface area (Å²) < 4.78 is 2.09. The summed E-state index contributed by atoms with van der Waals surface area (Å²) in [5.41, 5.74) is 2.98. The molecule has 0 aliphatic heterocycles. The van der Waals surface area contributed by atoms with Crippen molar-refractivity contribution >= 4 is 29.9 Å². The van der Waals surface area contributed by atoms with E-state index in [9.17, 15) is 0 Å². The highest BCUT2D eigenvalue weighted by atomic mass is 127. The summed E-state index contributed by atoms with van der Waals surface area (Å²) in [5, 5.41) is 14.9. The lowest BCUT2D eigenvalue weighted by atomic mass is 9.83. The van der Waals surface area contributed by atoms with Gasteiger partial charge < -0.3 is 15.2 Å². The summed E-state index contributed by atoms with van der Waals surface area (Å²) in [5.74, 6) is 2.44. The first-order valence-electron chi connectivity index (χ1n) is 9.78. The second-order valence-electron chi connectivity index (χ2n) is 6.73. The van der Waals surface area contributed by atoms with Crippen LogP contribution in [0.25, 0.3) is 0 Å². The fraction of sp³-hybridized carbons (Fsp3) is 0.550. The molecule has 2 N–H and O–H groups in total. The van der Waals surface area contributed by atoms with Crippen molar-refractivity contribution < 1.29 is 0 Å². The molecule has 0 saturated carbocycles. The third-order valence-corrected chi connectivity index (χ3v) is 4.96. The Hall–Kier alpha value is -1.64. The van der Waals surface area contributed by atoms with Crippen LogP contribution in [0, 0.1) is 0 Å². The second-order valence-corrected chi connectivity index (χ2v) is 6.73. The number of fused-ring (bicyclic) bond motifs is 1. The normalized spacial score (nSPS) is 16.4. The Balaban J connectivity index is 0.00000261. The maximum absolute atomic E-state index is 4.85. The van der Waals surface area contributed by atoms with E-state index < -0.39 is 0 Å². The van der Waals surface area contributed by atoms with Gasteiger partial charge in [0.15, 0.2) is 5.96 Å². The number of aliphatic imine (C=N–C) groups is 1. The van der Waals surface area contributed by atoms with E-state index in [1.807, 2.05) is 0 Å². The smallest absolute Gasteiger partial charge is 0.191 e. The van der Waals surface area contributed by atoms with Crippen molar-refractivity contribution in [2.75, 3.05) is 19.6 Å². The molecule has 1 atom stereocenters. The number of aromatic nitrogens is 3. The molecule has 148 valence electrons. The molecule has 0 spiro atoms. The number of nitrogens with zero attached hydrogens (tertiary/aromatic N) is 4. The molecule has 7 heteroatoms. The number of guanidine groups is 1. The molecule has 27 heavy (non-hydrogen) atoms. The lowest BCUT2D eigenvalue weighted by molar-refractivity contribution is 0.558. The molecule has 1 aliphatic rings. The van der Waals surface area contributed by atoms with E-state index in [1.54, 1.807) is 6.33 Å². The molecule has 1 heterocycles. The van der Waals surface area contributed by atoms with E-state index in [1.165, 1.54) is 30.4 Å². The van der Waals surface area contributed by atoms with Crippen LogP contribution in [-0.2, 0) is 19.4 Å². The average molecular weight is 482 g/mol. The zero-order valence-corrected chi connectivity index (χ0v) is 18.6. The van der Waals surface area contributed by atoms with E-state index >= 15 is 0 Å². The van der Waals surface area contributed by atoms with E-state index in [2.05, 4.69) is 63.5 Å². The van der Waals surface area contributed by atoms with E-state index in [-0.39, 0.29) is 24.0 Å². The maximum Gasteiger partial charge on any atom is 0.191 e. The number of halogens is 1. The van der Waals surface area contributed by atoms with Crippen molar-refractivity contribution in [2.24, 2.45) is 4.99 Å². The molecular formula is C20H31IN6. The number of hydrogen-bond acceptors (Lipinski definition) is 3. The van der Waals surface area contributed by atoms with Gasteiger partial charge in [-0.1, -0.05) is 31.2 Å². The quantitative estimate of drug-likeness (QED) is 0.362. The Kier molecular flexibility index (Phi) is 9.03. The summed E-state index contributed by atoms with van der Waals surface area (Å²) in [6, 6.07) is 8.83. The average Bonchev–Trinajstić information content (AvgIpc) is 3.13. The van der Waals surface area contributed by atoms with Crippen LogP contribution in [0.1, 0.15) is 49.6 Å². The number of nitrogens with one attached hydrogen (secondary N) is 2. The zero-order chi connectivity index (χ0) is 18.2. The largest absolute Gasteiger partial charge is 0.357 e. The van der Waals surface area contributed by atoms with Gasteiger partial charge in [0.2, 0.25) is 0 Å². The minimum atomic E-state index is 0. The van der Waals surface area contributed by atoms with Gasteiger partial charge in [-0.15, -0.1) is 34.2 Å². The fourth-order valence-electron chi connectivity index (χ4n) is 3.62. The molecule has 1 unspecified atom stereocenters. The molecular weight excluding hydrogens is 451 g/mol. The highest BCUT2D eigenvalue weighted by Gasteiger charge is 2.19. The first-order chi connectivity index (χ1) is 12.8. The van der Waals surface area contributed by atoms with Crippen molar-refractivity contribution in [1.82, 2.24) is 25.4 Å². The van der Waals surface area contributed by atoms with Crippen molar-refractivity contribution in [3.8, 4) is 0 Å². The molecule has 6 nitrogen and oxygen atoms in total. The predicted molar refractivity (Wildman–Crippen MR) is 121 cm³/mol. The molecule has 1 aliphatic carbocycles. The minimum absolute atomic E-state index is 0. The van der Waals surface area contributed by atoms with Gasteiger partial charge in [0, 0.05) is 38.5 Å². The van der Waals surface area contributed by atoms with Crippen molar-refractivity contribution in [1.29, 1.82) is 0 Å². The van der Waals surface area contributed by atoms with E-state index in [4.69, 9.17) is 4.99 Å². The Bertz CT molecular complexity index is 727. The lowest BCUT2D eigenvalue weighted by Gasteiger charge is -2.24. The Morgan fingerprint density at radius 1 is 1.26 bits per heavy atom. The van der Waals surface area contributed by atoms with Crippen LogP contribution in [0.5, 0.6) is 0 Å². The van der Waals surface area contributed by atoms with Crippen LogP contribution < -0.4 is 10.6 Å². The number of rotatable bonds is 7. The third kappa shape index (κ3) is 5.92. The van der Waals surface area contributed by atoms with Crippen molar-refractivity contribution in [3.63, 3.8) is 0 Å². The summed E-state index contributed by atoms with van der Waals surface area (Å²) in [4.78, 5) is 4.85. The topological polar surface area (TPSA) is 67.1 Å². The summed E-state index contributed by atoms with van der Waals surface area (Å²) >= 11 is 0. The van der Waals surface area contributed by atoms with Crippen molar-refractivity contribution in [3.05, 3.63) is 47.5 Å². The van der Waals surface area contributed by atoms with Crippen LogP contribution in [0.4, 0.5) is 0 Å². The van der Waals surface area contributed by atoms with Gasteiger partial charge in [0.25, 0.3) is 0 Å². The summed E-state index contributed by atoms with van der Waals surface area (Å²) in [6.07, 6.45) is 6.38. The number of aryl methyl sites for hydroxylation is 2. The van der Waals surface area contributed by atoms with Gasteiger partial charge in [-0.05, 0) is 37.3 Å².